The lowest BCUT2D eigenvalue weighted by atomic mass is 10.2. The van der Waals surface area contributed by atoms with Crippen molar-refractivity contribution >= 4 is 68.4 Å². The number of hydrogen-bond donors (Lipinski definition) is 2. The van der Waals surface area contributed by atoms with Crippen LogP contribution in [0.4, 0.5) is 5.69 Å². The molecule has 12 heteroatoms. The number of nitrogens with zero attached hydrogens (tertiary/aromatic N) is 4. The van der Waals surface area contributed by atoms with E-state index in [9.17, 15) is 4.79 Å². The lowest BCUT2D eigenvalue weighted by Crippen LogP contribution is -2.33. The predicted molar refractivity (Wildman–Crippen MR) is 141 cm³/mol. The monoisotopic (exact) mass is 542 g/mol. The normalized spacial score (nSPS) is 11.1. The number of thiocarbonyl (C=S) groups is 1. The lowest BCUT2D eigenvalue weighted by molar-refractivity contribution is 0.0951. The Bertz CT molecular complexity index is 1560. The molecule has 0 aliphatic carbocycles. The average molecular weight is 543 g/mol. The van der Waals surface area contributed by atoms with E-state index in [1.807, 2.05) is 31.2 Å². The molecule has 5 rings (SSSR count). The Morgan fingerprint density at radius 2 is 1.91 bits per heavy atom. The maximum atomic E-state index is 12.6. The van der Waals surface area contributed by atoms with Crippen LogP contribution in [0.25, 0.3) is 26.9 Å². The van der Waals surface area contributed by atoms with Crippen molar-refractivity contribution in [3.05, 3.63) is 76.2 Å². The van der Waals surface area contributed by atoms with Crippen LogP contribution in [0, 0.1) is 0 Å². The van der Waals surface area contributed by atoms with Gasteiger partial charge in [-0.05, 0) is 66.8 Å². The molecular weight excluding hydrogens is 527 g/mol. The van der Waals surface area contributed by atoms with Crippen molar-refractivity contribution < 1.29 is 9.21 Å². The first-order chi connectivity index (χ1) is 16.9. The predicted octanol–water partition coefficient (Wildman–Crippen LogP) is 6.11. The van der Waals surface area contributed by atoms with Crippen molar-refractivity contribution in [2.75, 3.05) is 5.32 Å². The van der Waals surface area contributed by atoms with Gasteiger partial charge in [0.05, 0.1) is 5.02 Å². The fourth-order valence-electron chi connectivity index (χ4n) is 3.31. The molecule has 35 heavy (non-hydrogen) atoms. The van der Waals surface area contributed by atoms with E-state index in [2.05, 4.69) is 25.9 Å². The summed E-state index contributed by atoms with van der Waals surface area (Å²) in [6.07, 6.45) is 0.754. The summed E-state index contributed by atoms with van der Waals surface area (Å²) in [6, 6.07) is 15.7. The summed E-state index contributed by atoms with van der Waals surface area (Å²) in [6.45, 7) is 2.01. The van der Waals surface area contributed by atoms with E-state index in [4.69, 9.17) is 39.8 Å². The van der Waals surface area contributed by atoms with Crippen LogP contribution in [0.5, 0.6) is 0 Å². The largest absolute Gasteiger partial charge is 0.451 e. The van der Waals surface area contributed by atoms with Crippen LogP contribution >= 0.6 is 46.8 Å². The zero-order valence-corrected chi connectivity index (χ0v) is 21.2. The summed E-state index contributed by atoms with van der Waals surface area (Å²) in [5, 5.41) is 20.4. The molecule has 3 aromatic heterocycles. The van der Waals surface area contributed by atoms with Gasteiger partial charge in [-0.2, -0.15) is 9.61 Å². The zero-order chi connectivity index (χ0) is 24.5. The molecule has 0 atom stereocenters. The van der Waals surface area contributed by atoms with Crippen LogP contribution < -0.4 is 10.6 Å². The molecule has 3 heterocycles. The van der Waals surface area contributed by atoms with Gasteiger partial charge in [-0.15, -0.1) is 10.2 Å². The van der Waals surface area contributed by atoms with E-state index in [0.717, 1.165) is 27.8 Å². The van der Waals surface area contributed by atoms with Gasteiger partial charge in [0, 0.05) is 28.3 Å². The Labute approximate surface area is 218 Å². The van der Waals surface area contributed by atoms with E-state index in [-0.39, 0.29) is 10.9 Å². The minimum atomic E-state index is -0.491. The number of halogens is 2. The fraction of sp³-hybridized carbons (Fsp3) is 0.0870. The molecule has 2 N–H and O–H groups in total. The molecule has 0 fully saturated rings. The molecule has 0 bridgehead atoms. The standard InChI is InChI=1S/C23H16Cl2N6O2S2/c1-2-19-28-29-23-31(19)30-21(35-23)12-3-6-14(7-4-12)26-22(34)27-20(32)18-10-9-17(33-18)15-11-13(24)5-8-16(15)25/h3-11H,2H2,1H3,(H2,26,27,32,34). The van der Waals surface area contributed by atoms with Gasteiger partial charge in [-0.25, -0.2) is 0 Å². The Morgan fingerprint density at radius 1 is 1.11 bits per heavy atom. The number of aromatic nitrogens is 4. The Hall–Kier alpha value is -3.31. The number of furan rings is 1. The number of amides is 1. The molecule has 5 aromatic rings. The second-order valence-electron chi connectivity index (χ2n) is 7.35. The van der Waals surface area contributed by atoms with Gasteiger partial charge < -0.3 is 9.73 Å². The zero-order valence-electron chi connectivity index (χ0n) is 18.1. The highest BCUT2D eigenvalue weighted by molar-refractivity contribution is 7.80. The molecule has 2 aromatic carbocycles. The van der Waals surface area contributed by atoms with E-state index in [1.165, 1.54) is 11.3 Å². The van der Waals surface area contributed by atoms with Crippen molar-refractivity contribution in [1.82, 2.24) is 25.1 Å². The molecule has 176 valence electrons. The maximum absolute atomic E-state index is 12.6. The number of carbonyl (C=O) groups excluding carboxylic acids is 1. The third-order valence-corrected chi connectivity index (χ3v) is 6.73. The minimum Gasteiger partial charge on any atom is -0.451 e. The first-order valence-electron chi connectivity index (χ1n) is 10.4. The molecule has 0 radical (unpaired) electrons. The summed E-state index contributed by atoms with van der Waals surface area (Å²) < 4.78 is 7.42. The van der Waals surface area contributed by atoms with Gasteiger partial charge in [0.2, 0.25) is 4.96 Å². The quantitative estimate of drug-likeness (QED) is 0.258. The summed E-state index contributed by atoms with van der Waals surface area (Å²) >= 11 is 19.0. The Morgan fingerprint density at radius 3 is 2.69 bits per heavy atom. The van der Waals surface area contributed by atoms with Gasteiger partial charge >= 0.3 is 0 Å². The summed E-state index contributed by atoms with van der Waals surface area (Å²) in [5.74, 6) is 0.843. The van der Waals surface area contributed by atoms with Crippen LogP contribution in [0.1, 0.15) is 23.3 Å². The fourth-order valence-corrected chi connectivity index (χ4v) is 4.77. The van der Waals surface area contributed by atoms with Gasteiger partial charge in [0.1, 0.15) is 10.8 Å². The number of carbonyl (C=O) groups is 1. The van der Waals surface area contributed by atoms with Crippen molar-refractivity contribution in [2.45, 2.75) is 13.3 Å². The van der Waals surface area contributed by atoms with Crippen LogP contribution in [-0.4, -0.2) is 30.8 Å². The third kappa shape index (κ3) is 4.92. The highest BCUT2D eigenvalue weighted by Gasteiger charge is 2.16. The first-order valence-corrected chi connectivity index (χ1v) is 12.4. The van der Waals surface area contributed by atoms with E-state index >= 15 is 0 Å². The van der Waals surface area contributed by atoms with Crippen molar-refractivity contribution in [2.24, 2.45) is 0 Å². The van der Waals surface area contributed by atoms with Gasteiger partial charge in [0.25, 0.3) is 5.91 Å². The number of nitrogens with one attached hydrogen (secondary N) is 2. The highest BCUT2D eigenvalue weighted by atomic mass is 35.5. The number of hydrogen-bond acceptors (Lipinski definition) is 7. The SMILES string of the molecule is CCc1nnc2sc(-c3ccc(NC(=S)NC(=O)c4ccc(-c5cc(Cl)ccc5Cl)o4)cc3)nn12. The number of benzene rings is 2. The molecule has 0 saturated heterocycles. The molecule has 0 aliphatic heterocycles. The maximum Gasteiger partial charge on any atom is 0.293 e. The molecule has 0 unspecified atom stereocenters. The molecule has 0 saturated carbocycles. The van der Waals surface area contributed by atoms with Crippen LogP contribution in [0.15, 0.2) is 59.0 Å². The van der Waals surface area contributed by atoms with Gasteiger partial charge in [-0.3, -0.25) is 10.1 Å². The average Bonchev–Trinajstić information content (AvgIpc) is 3.57. The smallest absolute Gasteiger partial charge is 0.293 e. The van der Waals surface area contributed by atoms with Crippen molar-refractivity contribution in [3.63, 3.8) is 0 Å². The highest BCUT2D eigenvalue weighted by Crippen LogP contribution is 2.32. The second kappa shape index (κ2) is 9.74. The first kappa shape index (κ1) is 23.4. The van der Waals surface area contributed by atoms with Crippen LogP contribution in [0.3, 0.4) is 0 Å². The van der Waals surface area contributed by atoms with Crippen LogP contribution in [-0.2, 0) is 6.42 Å². The number of rotatable bonds is 5. The number of aryl methyl sites for hydroxylation is 1. The summed E-state index contributed by atoms with van der Waals surface area (Å²) in [5.41, 5.74) is 2.24. The summed E-state index contributed by atoms with van der Waals surface area (Å²) in [4.78, 5) is 13.3. The van der Waals surface area contributed by atoms with Crippen LogP contribution in [0.2, 0.25) is 10.0 Å². The lowest BCUT2D eigenvalue weighted by Gasteiger charge is -2.09. The van der Waals surface area contributed by atoms with E-state index < -0.39 is 5.91 Å². The second-order valence-corrected chi connectivity index (χ2v) is 9.55. The Kier molecular flexibility index (Phi) is 6.52. The molecule has 0 aliphatic rings. The minimum absolute atomic E-state index is 0.0882. The van der Waals surface area contributed by atoms with Crippen molar-refractivity contribution in [3.8, 4) is 21.9 Å². The molecule has 1 amide bonds. The third-order valence-electron chi connectivity index (χ3n) is 5.01. The molecule has 0 spiro atoms. The van der Waals surface area contributed by atoms with Crippen molar-refractivity contribution in [1.29, 1.82) is 0 Å². The number of fused-ring (bicyclic) bond motifs is 1. The summed E-state index contributed by atoms with van der Waals surface area (Å²) in [7, 11) is 0. The Balaban J connectivity index is 1.23. The molecular formula is C23H16Cl2N6O2S2. The molecule has 8 nitrogen and oxygen atoms in total. The number of anilines is 1. The van der Waals surface area contributed by atoms with Gasteiger partial charge in [0.15, 0.2) is 16.7 Å². The van der Waals surface area contributed by atoms with E-state index in [1.54, 1.807) is 34.8 Å². The van der Waals surface area contributed by atoms with Gasteiger partial charge in [-0.1, -0.05) is 41.5 Å². The topological polar surface area (TPSA) is 97.3 Å². The van der Waals surface area contributed by atoms with E-state index in [0.29, 0.717) is 27.1 Å².